The molecule has 10 nitrogen and oxygen atoms in total. The maximum Gasteiger partial charge on any atom is 0.326 e. The molecule has 0 saturated heterocycles. The first-order valence-electron chi connectivity index (χ1n) is 10.8. The third-order valence-electron chi connectivity index (χ3n) is 4.68. The minimum Gasteiger partial charge on any atom is -0.480 e. The number of hydrogen-bond donors (Lipinski definition) is 5. The molecule has 1 amide bonds. The lowest BCUT2D eigenvalue weighted by molar-refractivity contribution is -0.139. The Bertz CT molecular complexity index is 1390. The first-order valence-corrected chi connectivity index (χ1v) is 13.2. The number of allylic oxidation sites excluding steroid dienone is 4. The Balaban J connectivity index is 2.19. The second kappa shape index (κ2) is 13.7. The number of carboxylic acid groups (broad SMARTS) is 1. The zero-order chi connectivity index (χ0) is 27.4. The fourth-order valence-corrected chi connectivity index (χ4v) is 4.86. The predicted molar refractivity (Wildman–Crippen MR) is 146 cm³/mol. The molecule has 37 heavy (non-hydrogen) atoms. The number of carbonyl (C=O) groups excluding carboxylic acids is 1. The van der Waals surface area contributed by atoms with Crippen LogP contribution < -0.4 is 21.5 Å². The number of guanidine groups is 1. The van der Waals surface area contributed by atoms with Crippen molar-refractivity contribution in [1.29, 1.82) is 0 Å². The van der Waals surface area contributed by atoms with Gasteiger partial charge in [-0.15, -0.1) is 11.3 Å². The van der Waals surface area contributed by atoms with Gasteiger partial charge in [0, 0.05) is 17.7 Å². The van der Waals surface area contributed by atoms with Crippen LogP contribution in [0.4, 0.5) is 5.69 Å². The highest BCUT2D eigenvalue weighted by molar-refractivity contribution is 7.92. The molecule has 1 heterocycles. The third-order valence-corrected chi connectivity index (χ3v) is 6.95. The molecule has 0 aliphatic rings. The van der Waals surface area contributed by atoms with E-state index in [-0.39, 0.29) is 34.4 Å². The summed E-state index contributed by atoms with van der Waals surface area (Å²) in [6.07, 6.45) is 5.18. The Morgan fingerprint density at radius 2 is 2.00 bits per heavy atom. The lowest BCUT2D eigenvalue weighted by Crippen LogP contribution is -2.40. The summed E-state index contributed by atoms with van der Waals surface area (Å²) in [6.45, 7) is 7.47. The monoisotopic (exact) mass is 541 g/mol. The van der Waals surface area contributed by atoms with Gasteiger partial charge in [-0.25, -0.2) is 13.2 Å². The summed E-state index contributed by atoms with van der Waals surface area (Å²) in [4.78, 5) is 28.1. The van der Waals surface area contributed by atoms with Crippen molar-refractivity contribution in [2.24, 2.45) is 16.5 Å². The molecule has 1 aromatic carbocycles. The molecule has 0 aliphatic heterocycles. The van der Waals surface area contributed by atoms with Gasteiger partial charge in [0.1, 0.15) is 10.9 Å². The van der Waals surface area contributed by atoms with Crippen molar-refractivity contribution in [2.45, 2.75) is 23.8 Å². The summed E-state index contributed by atoms with van der Waals surface area (Å²) < 4.78 is 28.5. The van der Waals surface area contributed by atoms with Crippen molar-refractivity contribution in [3.63, 3.8) is 0 Å². The number of nitrogens with zero attached hydrogens (tertiary/aromatic N) is 1. The van der Waals surface area contributed by atoms with Crippen LogP contribution in [0.15, 0.2) is 82.6 Å². The van der Waals surface area contributed by atoms with Crippen LogP contribution in [0.2, 0.25) is 0 Å². The molecule has 12 heteroatoms. The van der Waals surface area contributed by atoms with Gasteiger partial charge in [-0.05, 0) is 48.6 Å². The summed E-state index contributed by atoms with van der Waals surface area (Å²) in [5.74, 6) is 3.66. The summed E-state index contributed by atoms with van der Waals surface area (Å²) >= 11 is 0.968. The molecule has 0 saturated carbocycles. The highest BCUT2D eigenvalue weighted by Crippen LogP contribution is 2.26. The number of aliphatic carboxylic acids is 1. The molecule has 2 aromatic rings. The number of sulfonamides is 1. The van der Waals surface area contributed by atoms with Gasteiger partial charge in [0.2, 0.25) is 0 Å². The Labute approximate surface area is 219 Å². The number of thiophene rings is 1. The van der Waals surface area contributed by atoms with Gasteiger partial charge in [0.25, 0.3) is 15.9 Å². The van der Waals surface area contributed by atoms with E-state index in [9.17, 15) is 23.1 Å². The lowest BCUT2D eigenvalue weighted by Gasteiger charge is -2.15. The normalized spacial score (nSPS) is 11.8. The number of amides is 1. The van der Waals surface area contributed by atoms with Crippen molar-refractivity contribution in [1.82, 2.24) is 5.32 Å². The number of nitrogens with two attached hydrogens (primary N) is 2. The van der Waals surface area contributed by atoms with Crippen LogP contribution in [0.3, 0.4) is 0 Å². The minimum atomic E-state index is -4.08. The van der Waals surface area contributed by atoms with E-state index in [1.807, 2.05) is 0 Å². The van der Waals surface area contributed by atoms with E-state index in [0.717, 1.165) is 11.3 Å². The highest BCUT2D eigenvalue weighted by atomic mass is 32.2. The number of rotatable bonds is 12. The third kappa shape index (κ3) is 8.99. The molecule has 0 aliphatic carbocycles. The lowest BCUT2D eigenvalue weighted by atomic mass is 10.1. The second-order valence-electron chi connectivity index (χ2n) is 7.42. The maximum atomic E-state index is 13.0. The molecule has 2 rings (SSSR count). The Morgan fingerprint density at radius 1 is 1.24 bits per heavy atom. The second-order valence-corrected chi connectivity index (χ2v) is 10.0. The van der Waals surface area contributed by atoms with Crippen LogP contribution >= 0.6 is 11.3 Å². The highest BCUT2D eigenvalue weighted by Gasteiger charge is 2.24. The molecule has 1 aromatic heterocycles. The van der Waals surface area contributed by atoms with Gasteiger partial charge in [-0.2, -0.15) is 0 Å². The number of anilines is 1. The molecule has 0 unspecified atom stereocenters. The SMILES string of the molecule is C=CC=C(C#Cc1cccc(S(=O)(=O)Nc2ccsc2C(=O)N[C@@H](CCCN=C(N)N)C(=O)O)c1)C=C. The summed E-state index contributed by atoms with van der Waals surface area (Å²) in [5.41, 5.74) is 11.6. The fourth-order valence-electron chi connectivity index (χ4n) is 2.93. The number of nitrogens with one attached hydrogen (secondary N) is 2. The molecule has 0 radical (unpaired) electrons. The van der Waals surface area contributed by atoms with Crippen molar-refractivity contribution in [2.75, 3.05) is 11.3 Å². The topological polar surface area (TPSA) is 177 Å². The number of aliphatic imine (C=N–C) groups is 1. The van der Waals surface area contributed by atoms with Crippen LogP contribution in [-0.2, 0) is 14.8 Å². The van der Waals surface area contributed by atoms with E-state index in [2.05, 4.69) is 40.0 Å². The van der Waals surface area contributed by atoms with Crippen molar-refractivity contribution < 1.29 is 23.1 Å². The van der Waals surface area contributed by atoms with Crippen LogP contribution in [-0.4, -0.2) is 43.9 Å². The molecule has 194 valence electrons. The molecule has 0 bridgehead atoms. The van der Waals surface area contributed by atoms with E-state index in [4.69, 9.17) is 11.5 Å². The average Bonchev–Trinajstić information content (AvgIpc) is 3.31. The summed E-state index contributed by atoms with van der Waals surface area (Å²) in [6, 6.07) is 6.20. The van der Waals surface area contributed by atoms with E-state index in [1.54, 1.807) is 30.4 Å². The van der Waals surface area contributed by atoms with Crippen LogP contribution in [0, 0.1) is 11.8 Å². The maximum absolute atomic E-state index is 13.0. The van der Waals surface area contributed by atoms with Crippen molar-refractivity contribution >= 4 is 44.9 Å². The van der Waals surface area contributed by atoms with Gasteiger partial charge in [0.15, 0.2) is 5.96 Å². The fraction of sp³-hybridized carbons (Fsp3) is 0.160. The van der Waals surface area contributed by atoms with Gasteiger partial charge < -0.3 is 21.9 Å². The van der Waals surface area contributed by atoms with Crippen LogP contribution in [0.1, 0.15) is 28.1 Å². The minimum absolute atomic E-state index is 0.0141. The van der Waals surface area contributed by atoms with Crippen molar-refractivity contribution in [3.8, 4) is 11.8 Å². The van der Waals surface area contributed by atoms with Gasteiger partial charge >= 0.3 is 5.97 Å². The zero-order valence-electron chi connectivity index (χ0n) is 19.8. The molecule has 1 atom stereocenters. The first kappa shape index (κ1) is 28.9. The number of hydrogen-bond acceptors (Lipinski definition) is 6. The molecule has 7 N–H and O–H groups in total. The van der Waals surface area contributed by atoms with E-state index in [0.29, 0.717) is 17.6 Å². The number of carbonyl (C=O) groups is 2. The van der Waals surface area contributed by atoms with Gasteiger partial charge in [-0.3, -0.25) is 14.5 Å². The quantitative estimate of drug-likeness (QED) is 0.0900. The molecule has 0 spiro atoms. The first-order chi connectivity index (χ1) is 17.6. The molecular formula is C25H27N5O5S2. The van der Waals surface area contributed by atoms with E-state index in [1.165, 1.54) is 23.6 Å². The zero-order valence-corrected chi connectivity index (χ0v) is 21.4. The van der Waals surface area contributed by atoms with E-state index >= 15 is 0 Å². The Kier molecular flexibility index (Phi) is 10.7. The Morgan fingerprint density at radius 3 is 2.65 bits per heavy atom. The number of benzene rings is 1. The molecule has 0 fully saturated rings. The number of carboxylic acids is 1. The smallest absolute Gasteiger partial charge is 0.326 e. The predicted octanol–water partition coefficient (Wildman–Crippen LogP) is 2.44. The van der Waals surface area contributed by atoms with Crippen LogP contribution in [0.25, 0.3) is 0 Å². The van der Waals surface area contributed by atoms with Crippen LogP contribution in [0.5, 0.6) is 0 Å². The van der Waals surface area contributed by atoms with E-state index < -0.39 is 27.9 Å². The standard InChI is InChI=1S/C25H27N5O5S2/c1-3-7-17(4-2)11-12-18-8-5-9-19(16-18)37(34,35)30-20-13-15-36-22(20)23(31)29-21(24(32)33)10-6-14-28-25(26)27/h3-5,7-9,13,15-16,21,30H,1-2,6,10,14H2,(H,29,31)(H,32,33)(H4,26,27,28)/t21-/m0/s1. The average molecular weight is 542 g/mol. The van der Waals surface area contributed by atoms with Gasteiger partial charge in [-0.1, -0.05) is 43.2 Å². The summed E-state index contributed by atoms with van der Waals surface area (Å²) in [7, 11) is -4.08. The molecular weight excluding hydrogens is 514 g/mol. The Hall–Kier alpha value is -4.34. The largest absolute Gasteiger partial charge is 0.480 e. The van der Waals surface area contributed by atoms with Crippen molar-refractivity contribution in [3.05, 3.63) is 83.1 Å². The van der Waals surface area contributed by atoms with Gasteiger partial charge in [0.05, 0.1) is 10.6 Å². The summed E-state index contributed by atoms with van der Waals surface area (Å²) in [5, 5.41) is 13.4.